The molecule has 1 atom stereocenters. The summed E-state index contributed by atoms with van der Waals surface area (Å²) in [6.45, 7) is 9.26. The Labute approximate surface area is 180 Å². The van der Waals surface area contributed by atoms with E-state index in [0.29, 0.717) is 19.0 Å². The van der Waals surface area contributed by atoms with Crippen LogP contribution in [0.5, 0.6) is 5.75 Å². The van der Waals surface area contributed by atoms with Crippen molar-refractivity contribution in [3.05, 3.63) is 101 Å². The first-order valence-electron chi connectivity index (χ1n) is 10.6. The normalized spacial score (nSPS) is 11.9. The van der Waals surface area contributed by atoms with Gasteiger partial charge in [0.25, 0.3) is 5.91 Å². The summed E-state index contributed by atoms with van der Waals surface area (Å²) in [7, 11) is 0. The number of carbonyl (C=O) groups excluding carboxylic acids is 1. The molecule has 0 fully saturated rings. The van der Waals surface area contributed by atoms with Crippen molar-refractivity contribution in [1.82, 2.24) is 4.90 Å². The van der Waals surface area contributed by atoms with E-state index >= 15 is 0 Å². The van der Waals surface area contributed by atoms with Crippen molar-refractivity contribution in [3.63, 3.8) is 0 Å². The van der Waals surface area contributed by atoms with Gasteiger partial charge in [-0.1, -0.05) is 86.6 Å². The number of carbonyl (C=O) groups is 1. The van der Waals surface area contributed by atoms with Crippen LogP contribution in [0.25, 0.3) is 0 Å². The lowest BCUT2D eigenvalue weighted by Gasteiger charge is -2.27. The molecule has 3 heteroatoms. The minimum atomic E-state index is -0.572. The summed E-state index contributed by atoms with van der Waals surface area (Å²) in [5, 5.41) is 0. The maximum atomic E-state index is 13.4. The van der Waals surface area contributed by atoms with E-state index < -0.39 is 6.10 Å². The Morgan fingerprint density at radius 2 is 1.37 bits per heavy atom. The first-order valence-corrected chi connectivity index (χ1v) is 10.6. The van der Waals surface area contributed by atoms with Crippen molar-refractivity contribution >= 4 is 5.91 Å². The second kappa shape index (κ2) is 10.1. The van der Waals surface area contributed by atoms with Crippen LogP contribution < -0.4 is 4.74 Å². The van der Waals surface area contributed by atoms with Crippen molar-refractivity contribution in [3.8, 4) is 5.75 Å². The number of rotatable bonds is 8. The fourth-order valence-corrected chi connectivity index (χ4v) is 3.54. The maximum Gasteiger partial charge on any atom is 0.263 e. The summed E-state index contributed by atoms with van der Waals surface area (Å²) in [6, 6.07) is 26.4. The van der Waals surface area contributed by atoms with Gasteiger partial charge in [-0.15, -0.1) is 0 Å². The molecule has 0 N–H and O–H groups in total. The molecule has 3 aromatic rings. The highest BCUT2D eigenvalue weighted by Crippen LogP contribution is 2.28. The van der Waals surface area contributed by atoms with Crippen LogP contribution in [0.3, 0.4) is 0 Å². The summed E-state index contributed by atoms with van der Waals surface area (Å²) in [5.41, 5.74) is 4.46. The fourth-order valence-electron chi connectivity index (χ4n) is 3.54. The zero-order chi connectivity index (χ0) is 21.5. The summed E-state index contributed by atoms with van der Waals surface area (Å²) >= 11 is 0. The zero-order valence-electron chi connectivity index (χ0n) is 18.3. The lowest BCUT2D eigenvalue weighted by Crippen LogP contribution is -2.39. The second-order valence-corrected chi connectivity index (χ2v) is 8.12. The van der Waals surface area contributed by atoms with E-state index in [1.165, 1.54) is 0 Å². The third-order valence-corrected chi connectivity index (χ3v) is 5.19. The molecule has 0 aromatic heterocycles. The quantitative estimate of drug-likeness (QED) is 0.455. The van der Waals surface area contributed by atoms with Gasteiger partial charge in [0, 0.05) is 13.1 Å². The average molecular weight is 402 g/mol. The molecule has 1 amide bonds. The molecule has 0 saturated carbocycles. The molecule has 0 aliphatic carbocycles. The van der Waals surface area contributed by atoms with Gasteiger partial charge in [-0.2, -0.15) is 0 Å². The molecular formula is C27H31NO2. The number of aryl methyl sites for hydroxylation is 1. The van der Waals surface area contributed by atoms with E-state index in [0.717, 1.165) is 28.0 Å². The molecule has 156 valence electrons. The van der Waals surface area contributed by atoms with Gasteiger partial charge < -0.3 is 9.64 Å². The van der Waals surface area contributed by atoms with Crippen molar-refractivity contribution in [1.29, 1.82) is 0 Å². The predicted molar refractivity (Wildman–Crippen MR) is 122 cm³/mol. The molecule has 3 nitrogen and oxygen atoms in total. The average Bonchev–Trinajstić information content (AvgIpc) is 2.74. The Kier molecular flexibility index (Phi) is 7.29. The fraction of sp³-hybridized carbons (Fsp3) is 0.296. The highest BCUT2D eigenvalue weighted by molar-refractivity contribution is 5.81. The largest absolute Gasteiger partial charge is 0.481 e. The number of benzene rings is 3. The Balaban J connectivity index is 1.82. The lowest BCUT2D eigenvalue weighted by molar-refractivity contribution is -0.139. The monoisotopic (exact) mass is 401 g/mol. The van der Waals surface area contributed by atoms with E-state index in [1.54, 1.807) is 0 Å². The molecular weight excluding hydrogens is 370 g/mol. The number of ether oxygens (including phenoxy) is 1. The Bertz CT molecular complexity index is 910. The third kappa shape index (κ3) is 5.73. The molecule has 0 aliphatic heterocycles. The van der Waals surface area contributed by atoms with E-state index in [2.05, 4.69) is 26.0 Å². The minimum Gasteiger partial charge on any atom is -0.481 e. The van der Waals surface area contributed by atoms with Gasteiger partial charge in [0.05, 0.1) is 0 Å². The van der Waals surface area contributed by atoms with Gasteiger partial charge in [-0.3, -0.25) is 4.79 Å². The standard InChI is InChI=1S/C27H31NO2/c1-20(2)25-16-15-21(3)17-26(25)30-22(4)27(29)28(18-23-11-7-5-8-12-23)19-24-13-9-6-10-14-24/h5-17,20,22H,18-19H2,1-4H3/t22-/m0/s1. The highest BCUT2D eigenvalue weighted by Gasteiger charge is 2.24. The molecule has 0 spiro atoms. The number of hydrogen-bond acceptors (Lipinski definition) is 2. The van der Waals surface area contributed by atoms with Crippen LogP contribution in [0, 0.1) is 6.92 Å². The lowest BCUT2D eigenvalue weighted by atomic mass is 10.0. The van der Waals surface area contributed by atoms with E-state index in [-0.39, 0.29) is 5.91 Å². The van der Waals surface area contributed by atoms with Crippen LogP contribution in [-0.2, 0) is 17.9 Å². The van der Waals surface area contributed by atoms with E-state index in [1.807, 2.05) is 85.5 Å². The highest BCUT2D eigenvalue weighted by atomic mass is 16.5. The van der Waals surface area contributed by atoms with Crippen molar-refractivity contribution in [2.45, 2.75) is 52.8 Å². The SMILES string of the molecule is Cc1ccc(C(C)C)c(O[C@@H](C)C(=O)N(Cc2ccccc2)Cc2ccccc2)c1. The molecule has 0 unspecified atom stereocenters. The second-order valence-electron chi connectivity index (χ2n) is 8.12. The van der Waals surface area contributed by atoms with Crippen molar-refractivity contribution in [2.24, 2.45) is 0 Å². The zero-order valence-corrected chi connectivity index (χ0v) is 18.3. The number of nitrogens with zero attached hydrogens (tertiary/aromatic N) is 1. The van der Waals surface area contributed by atoms with Gasteiger partial charge in [-0.05, 0) is 48.1 Å². The number of amides is 1. The minimum absolute atomic E-state index is 0.0149. The Hall–Kier alpha value is -3.07. The summed E-state index contributed by atoms with van der Waals surface area (Å²) in [5.74, 6) is 1.11. The third-order valence-electron chi connectivity index (χ3n) is 5.19. The van der Waals surface area contributed by atoms with Gasteiger partial charge in [0.15, 0.2) is 6.10 Å². The summed E-state index contributed by atoms with van der Waals surface area (Å²) in [6.07, 6.45) is -0.572. The van der Waals surface area contributed by atoms with Gasteiger partial charge in [0.2, 0.25) is 0 Å². The molecule has 0 saturated heterocycles. The van der Waals surface area contributed by atoms with Gasteiger partial charge in [-0.25, -0.2) is 0 Å². The molecule has 3 aromatic carbocycles. The first kappa shape index (κ1) is 21.6. The van der Waals surface area contributed by atoms with Crippen LogP contribution in [0.4, 0.5) is 0 Å². The van der Waals surface area contributed by atoms with Crippen LogP contribution in [0.15, 0.2) is 78.9 Å². The molecule has 3 rings (SSSR count). The first-order chi connectivity index (χ1) is 14.4. The van der Waals surface area contributed by atoms with E-state index in [4.69, 9.17) is 4.74 Å². The summed E-state index contributed by atoms with van der Waals surface area (Å²) in [4.78, 5) is 15.3. The Morgan fingerprint density at radius 1 is 0.833 bits per heavy atom. The smallest absolute Gasteiger partial charge is 0.263 e. The van der Waals surface area contributed by atoms with Gasteiger partial charge >= 0.3 is 0 Å². The molecule has 0 radical (unpaired) electrons. The van der Waals surface area contributed by atoms with Gasteiger partial charge in [0.1, 0.15) is 5.75 Å². The van der Waals surface area contributed by atoms with Crippen LogP contribution in [0.2, 0.25) is 0 Å². The summed E-state index contributed by atoms with van der Waals surface area (Å²) < 4.78 is 6.21. The number of hydrogen-bond donors (Lipinski definition) is 0. The van der Waals surface area contributed by atoms with Crippen LogP contribution in [-0.4, -0.2) is 16.9 Å². The topological polar surface area (TPSA) is 29.5 Å². The van der Waals surface area contributed by atoms with Crippen LogP contribution >= 0.6 is 0 Å². The van der Waals surface area contributed by atoms with Crippen molar-refractivity contribution < 1.29 is 9.53 Å². The molecule has 0 bridgehead atoms. The molecule has 0 aliphatic rings. The molecule has 30 heavy (non-hydrogen) atoms. The maximum absolute atomic E-state index is 13.4. The Morgan fingerprint density at radius 3 is 1.87 bits per heavy atom. The predicted octanol–water partition coefficient (Wildman–Crippen LogP) is 6.11. The van der Waals surface area contributed by atoms with Crippen LogP contribution in [0.1, 0.15) is 48.9 Å². The van der Waals surface area contributed by atoms with Crippen molar-refractivity contribution in [2.75, 3.05) is 0 Å². The van der Waals surface area contributed by atoms with E-state index in [9.17, 15) is 4.79 Å². The molecule has 0 heterocycles.